The van der Waals surface area contributed by atoms with Crippen molar-refractivity contribution in [1.82, 2.24) is 9.44 Å². The predicted molar refractivity (Wildman–Crippen MR) is 56.3 cm³/mol. The van der Waals surface area contributed by atoms with Crippen LogP contribution in [0.5, 0.6) is 0 Å². The molecule has 92 valence electrons. The first-order valence-electron chi connectivity index (χ1n) is 4.22. The molecule has 0 saturated carbocycles. The van der Waals surface area contributed by atoms with Gasteiger partial charge >= 0.3 is 0 Å². The third-order valence-corrected chi connectivity index (χ3v) is 3.41. The molecule has 1 unspecified atom stereocenters. The number of hydrogen-bond donors (Lipinski definition) is 3. The summed E-state index contributed by atoms with van der Waals surface area (Å²) < 4.78 is 47.7. The zero-order chi connectivity index (χ0) is 12.1. The van der Waals surface area contributed by atoms with E-state index in [9.17, 15) is 16.8 Å². The largest absolute Gasteiger partial charge is 0.392 e. The topological polar surface area (TPSA) is 113 Å². The Morgan fingerprint density at radius 1 is 1.20 bits per heavy atom. The van der Waals surface area contributed by atoms with Crippen molar-refractivity contribution in [3.8, 4) is 0 Å². The Bertz CT molecular complexity index is 372. The van der Waals surface area contributed by atoms with Crippen molar-refractivity contribution in [2.24, 2.45) is 0 Å². The van der Waals surface area contributed by atoms with Crippen LogP contribution >= 0.6 is 0 Å². The van der Waals surface area contributed by atoms with Crippen LogP contribution in [0.1, 0.15) is 6.92 Å². The molecule has 9 heteroatoms. The van der Waals surface area contributed by atoms with E-state index in [1.165, 1.54) is 6.92 Å². The molecule has 3 N–H and O–H groups in total. The van der Waals surface area contributed by atoms with Gasteiger partial charge in [-0.1, -0.05) is 0 Å². The van der Waals surface area contributed by atoms with Gasteiger partial charge < -0.3 is 5.11 Å². The lowest BCUT2D eigenvalue weighted by atomic mass is 10.4. The van der Waals surface area contributed by atoms with Crippen LogP contribution in [0, 0.1) is 0 Å². The molecule has 0 radical (unpaired) electrons. The van der Waals surface area contributed by atoms with E-state index < -0.39 is 26.2 Å². The quantitative estimate of drug-likeness (QED) is 0.482. The molecule has 0 heterocycles. The zero-order valence-electron chi connectivity index (χ0n) is 8.60. The fraction of sp³-hybridized carbons (Fsp3) is 1.00. The molecule has 0 fully saturated rings. The summed E-state index contributed by atoms with van der Waals surface area (Å²) in [7, 11) is -6.91. The lowest BCUT2D eigenvalue weighted by Crippen LogP contribution is -2.36. The molecule has 0 amide bonds. The molecule has 0 bridgehead atoms. The zero-order valence-corrected chi connectivity index (χ0v) is 10.2. The highest BCUT2D eigenvalue weighted by atomic mass is 32.2. The van der Waals surface area contributed by atoms with Gasteiger partial charge in [-0.25, -0.2) is 26.3 Å². The van der Waals surface area contributed by atoms with Gasteiger partial charge in [-0.15, -0.1) is 0 Å². The van der Waals surface area contributed by atoms with Crippen molar-refractivity contribution in [2.45, 2.75) is 13.0 Å². The van der Waals surface area contributed by atoms with Crippen molar-refractivity contribution in [2.75, 3.05) is 25.1 Å². The maximum absolute atomic E-state index is 11.2. The average molecular weight is 260 g/mol. The summed E-state index contributed by atoms with van der Waals surface area (Å²) in [5.74, 6) is -0.354. The van der Waals surface area contributed by atoms with Gasteiger partial charge in [0.25, 0.3) is 0 Å². The summed E-state index contributed by atoms with van der Waals surface area (Å²) in [4.78, 5) is 0. The molecule has 15 heavy (non-hydrogen) atoms. The normalized spacial score (nSPS) is 15.1. The van der Waals surface area contributed by atoms with Crippen molar-refractivity contribution in [3.63, 3.8) is 0 Å². The summed E-state index contributed by atoms with van der Waals surface area (Å²) in [5, 5.41) is 8.83. The van der Waals surface area contributed by atoms with Crippen LogP contribution < -0.4 is 9.44 Å². The Kier molecular flexibility index (Phi) is 5.67. The predicted octanol–water partition coefficient (Wildman–Crippen LogP) is -2.16. The van der Waals surface area contributed by atoms with Crippen LogP contribution in [-0.2, 0) is 20.0 Å². The summed E-state index contributed by atoms with van der Waals surface area (Å²) in [6.07, 6.45) is 0.172. The van der Waals surface area contributed by atoms with Gasteiger partial charge in [0.05, 0.1) is 18.1 Å². The van der Waals surface area contributed by atoms with Gasteiger partial charge in [0.2, 0.25) is 20.0 Å². The Labute approximate surface area is 90.0 Å². The molecule has 0 aromatic heterocycles. The Morgan fingerprint density at radius 2 is 1.73 bits per heavy atom. The minimum atomic E-state index is -3.54. The first-order chi connectivity index (χ1) is 6.62. The molecule has 0 aliphatic rings. The molecule has 0 spiro atoms. The van der Waals surface area contributed by atoms with Crippen LogP contribution in [0.2, 0.25) is 0 Å². The second kappa shape index (κ2) is 5.75. The third kappa shape index (κ3) is 10.1. The lowest BCUT2D eigenvalue weighted by Gasteiger charge is -2.08. The maximum Gasteiger partial charge on any atom is 0.212 e. The van der Waals surface area contributed by atoms with E-state index in [-0.39, 0.29) is 18.8 Å². The average Bonchev–Trinajstić information content (AvgIpc) is 1.98. The summed E-state index contributed by atoms with van der Waals surface area (Å²) in [6.45, 7) is 1.17. The van der Waals surface area contributed by atoms with Crippen molar-refractivity contribution in [1.29, 1.82) is 0 Å². The fourth-order valence-electron chi connectivity index (χ4n) is 0.681. The Balaban J connectivity index is 3.96. The summed E-state index contributed by atoms with van der Waals surface area (Å²) in [6, 6.07) is 0. The van der Waals surface area contributed by atoms with Gasteiger partial charge in [-0.2, -0.15) is 0 Å². The van der Waals surface area contributed by atoms with Crippen molar-refractivity contribution >= 4 is 20.0 Å². The molecule has 0 rings (SSSR count). The van der Waals surface area contributed by atoms with E-state index in [0.717, 1.165) is 6.26 Å². The SMILES string of the molecule is CC(O)CNS(=O)(=O)CCNS(C)(=O)=O. The highest BCUT2D eigenvalue weighted by molar-refractivity contribution is 7.90. The van der Waals surface area contributed by atoms with Gasteiger partial charge in [0.15, 0.2) is 0 Å². The van der Waals surface area contributed by atoms with Crippen molar-refractivity contribution in [3.05, 3.63) is 0 Å². The number of sulfonamides is 2. The second-order valence-corrected chi connectivity index (χ2v) is 6.94. The Hall–Kier alpha value is -0.220. The van der Waals surface area contributed by atoms with Gasteiger partial charge in [-0.05, 0) is 6.92 Å². The molecule has 0 aromatic rings. The van der Waals surface area contributed by atoms with Crippen LogP contribution in [0.25, 0.3) is 0 Å². The van der Waals surface area contributed by atoms with Gasteiger partial charge in [0, 0.05) is 13.1 Å². The number of aliphatic hydroxyl groups excluding tert-OH is 1. The van der Waals surface area contributed by atoms with E-state index in [1.54, 1.807) is 0 Å². The monoisotopic (exact) mass is 260 g/mol. The number of nitrogens with one attached hydrogen (secondary N) is 2. The number of rotatable bonds is 7. The van der Waals surface area contributed by atoms with Gasteiger partial charge in [-0.3, -0.25) is 0 Å². The minimum absolute atomic E-state index is 0.0821. The van der Waals surface area contributed by atoms with E-state index >= 15 is 0 Å². The molecule has 7 nitrogen and oxygen atoms in total. The summed E-state index contributed by atoms with van der Waals surface area (Å²) in [5.41, 5.74) is 0. The van der Waals surface area contributed by atoms with Crippen LogP contribution in [0.15, 0.2) is 0 Å². The molecule has 0 aliphatic carbocycles. The molecular weight excluding hydrogens is 244 g/mol. The van der Waals surface area contributed by atoms with E-state index in [1.807, 2.05) is 0 Å². The van der Waals surface area contributed by atoms with E-state index in [2.05, 4.69) is 9.44 Å². The third-order valence-electron chi connectivity index (χ3n) is 1.33. The van der Waals surface area contributed by atoms with Crippen LogP contribution in [-0.4, -0.2) is 53.1 Å². The van der Waals surface area contributed by atoms with E-state index in [4.69, 9.17) is 5.11 Å². The fourth-order valence-corrected chi connectivity index (χ4v) is 2.29. The summed E-state index contributed by atoms with van der Waals surface area (Å²) >= 11 is 0. The van der Waals surface area contributed by atoms with E-state index in [0.29, 0.717) is 0 Å². The minimum Gasteiger partial charge on any atom is -0.392 e. The Morgan fingerprint density at radius 3 is 2.13 bits per heavy atom. The lowest BCUT2D eigenvalue weighted by molar-refractivity contribution is 0.198. The van der Waals surface area contributed by atoms with Gasteiger partial charge in [0.1, 0.15) is 0 Å². The number of hydrogen-bond acceptors (Lipinski definition) is 5. The first kappa shape index (κ1) is 14.8. The second-order valence-electron chi connectivity index (χ2n) is 3.18. The van der Waals surface area contributed by atoms with Crippen LogP contribution in [0.3, 0.4) is 0 Å². The molecule has 0 aliphatic heterocycles. The molecule has 1 atom stereocenters. The number of aliphatic hydroxyl groups is 1. The molecule has 0 saturated heterocycles. The van der Waals surface area contributed by atoms with Crippen molar-refractivity contribution < 1.29 is 21.9 Å². The van der Waals surface area contributed by atoms with Crippen LogP contribution in [0.4, 0.5) is 0 Å². The smallest absolute Gasteiger partial charge is 0.212 e. The maximum atomic E-state index is 11.2. The highest BCUT2D eigenvalue weighted by Crippen LogP contribution is 1.85. The molecular formula is C6H16N2O5S2. The standard InChI is InChI=1S/C6H16N2O5S2/c1-6(9)5-8-15(12,13)4-3-7-14(2,10)11/h6-9H,3-5H2,1-2H3. The highest BCUT2D eigenvalue weighted by Gasteiger charge is 2.11. The molecule has 0 aromatic carbocycles. The first-order valence-corrected chi connectivity index (χ1v) is 7.77.